The number of amides is 2. The smallest absolute Gasteiger partial charge is 0.273 e. The van der Waals surface area contributed by atoms with Crippen LogP contribution in [-0.4, -0.2) is 40.2 Å². The number of aliphatic imine (C=N–C) groups is 1. The standard InChI is InChI=1S/C24H29N3O2/c1-16(2)27(17(3)4)22(28)20-14-10-9-13-19(20)21-25-23(29)24(5,26-21)15-18-11-7-6-8-12-18/h6-14,16-17H,15H2,1-5H3,(H,25,26,29). The van der Waals surface area contributed by atoms with Crippen LogP contribution in [-0.2, 0) is 11.2 Å². The van der Waals surface area contributed by atoms with Crippen molar-refractivity contribution in [2.45, 2.75) is 58.7 Å². The SMILES string of the molecule is CC(C)N(C(=O)c1ccccc1C1=NC(=O)C(C)(Cc2ccccc2)N1)C(C)C. The van der Waals surface area contributed by atoms with E-state index >= 15 is 0 Å². The van der Waals surface area contributed by atoms with E-state index in [1.807, 2.05) is 88.0 Å². The van der Waals surface area contributed by atoms with Gasteiger partial charge in [-0.05, 0) is 46.2 Å². The minimum Gasteiger partial charge on any atom is -0.355 e. The van der Waals surface area contributed by atoms with Crippen molar-refractivity contribution < 1.29 is 9.59 Å². The highest BCUT2D eigenvalue weighted by Crippen LogP contribution is 2.24. The fraction of sp³-hybridized carbons (Fsp3) is 0.375. The van der Waals surface area contributed by atoms with Crippen molar-refractivity contribution in [2.75, 3.05) is 0 Å². The molecule has 0 fully saturated rings. The molecular weight excluding hydrogens is 362 g/mol. The number of rotatable bonds is 6. The second kappa shape index (κ2) is 8.19. The van der Waals surface area contributed by atoms with Crippen LogP contribution in [0.25, 0.3) is 0 Å². The third-order valence-corrected chi connectivity index (χ3v) is 5.24. The number of nitrogens with one attached hydrogen (secondary N) is 1. The Bertz CT molecular complexity index is 926. The molecule has 0 radical (unpaired) electrons. The average molecular weight is 392 g/mol. The van der Waals surface area contributed by atoms with Gasteiger partial charge in [-0.25, -0.2) is 0 Å². The molecule has 2 amide bonds. The van der Waals surface area contributed by atoms with Crippen LogP contribution in [0.4, 0.5) is 0 Å². The van der Waals surface area contributed by atoms with Crippen molar-refractivity contribution in [1.29, 1.82) is 0 Å². The Morgan fingerprint density at radius 2 is 1.59 bits per heavy atom. The van der Waals surface area contributed by atoms with Crippen LogP contribution in [0, 0.1) is 0 Å². The minimum absolute atomic E-state index is 0.0563. The highest BCUT2D eigenvalue weighted by molar-refractivity contribution is 6.17. The molecule has 5 nitrogen and oxygen atoms in total. The fourth-order valence-electron chi connectivity index (χ4n) is 3.90. The lowest BCUT2D eigenvalue weighted by Crippen LogP contribution is -2.48. The first-order valence-electron chi connectivity index (χ1n) is 10.1. The van der Waals surface area contributed by atoms with Gasteiger partial charge in [0.1, 0.15) is 11.4 Å². The quantitative estimate of drug-likeness (QED) is 0.814. The molecule has 0 spiro atoms. The van der Waals surface area contributed by atoms with Crippen molar-refractivity contribution in [3.63, 3.8) is 0 Å². The largest absolute Gasteiger partial charge is 0.355 e. The molecule has 1 aliphatic rings. The number of nitrogens with zero attached hydrogens (tertiary/aromatic N) is 2. The molecule has 3 rings (SSSR count). The van der Waals surface area contributed by atoms with Gasteiger partial charge in [0.05, 0.1) is 5.56 Å². The molecule has 0 aromatic heterocycles. The summed E-state index contributed by atoms with van der Waals surface area (Å²) in [6, 6.07) is 17.4. The molecule has 1 heterocycles. The summed E-state index contributed by atoms with van der Waals surface area (Å²) in [5.74, 6) is 0.187. The summed E-state index contributed by atoms with van der Waals surface area (Å²) < 4.78 is 0. The zero-order valence-corrected chi connectivity index (χ0v) is 17.8. The second-order valence-electron chi connectivity index (χ2n) is 8.33. The van der Waals surface area contributed by atoms with Crippen molar-refractivity contribution in [3.05, 3.63) is 71.3 Å². The van der Waals surface area contributed by atoms with E-state index < -0.39 is 5.54 Å². The zero-order valence-electron chi connectivity index (χ0n) is 17.8. The Hall–Kier alpha value is -2.95. The fourth-order valence-corrected chi connectivity index (χ4v) is 3.90. The summed E-state index contributed by atoms with van der Waals surface area (Å²) in [5, 5.41) is 3.30. The van der Waals surface area contributed by atoms with Gasteiger partial charge in [-0.3, -0.25) is 9.59 Å². The van der Waals surface area contributed by atoms with Gasteiger partial charge in [-0.2, -0.15) is 4.99 Å². The van der Waals surface area contributed by atoms with Crippen molar-refractivity contribution >= 4 is 17.6 Å². The molecule has 29 heavy (non-hydrogen) atoms. The number of carbonyl (C=O) groups excluding carboxylic acids is 2. The molecular formula is C24H29N3O2. The Morgan fingerprint density at radius 1 is 1.00 bits per heavy atom. The lowest BCUT2D eigenvalue weighted by Gasteiger charge is -2.31. The van der Waals surface area contributed by atoms with E-state index in [2.05, 4.69) is 10.3 Å². The van der Waals surface area contributed by atoms with Gasteiger partial charge < -0.3 is 10.2 Å². The summed E-state index contributed by atoms with van der Waals surface area (Å²) in [4.78, 5) is 32.2. The van der Waals surface area contributed by atoms with E-state index in [1.165, 1.54) is 0 Å². The summed E-state index contributed by atoms with van der Waals surface area (Å²) in [6.07, 6.45) is 0.528. The minimum atomic E-state index is -0.831. The molecule has 2 aromatic rings. The highest BCUT2D eigenvalue weighted by atomic mass is 16.2. The van der Waals surface area contributed by atoms with Crippen LogP contribution in [0.5, 0.6) is 0 Å². The average Bonchev–Trinajstić information content (AvgIpc) is 2.96. The number of hydrogen-bond donors (Lipinski definition) is 1. The maximum atomic E-state index is 13.3. The summed E-state index contributed by atoms with van der Waals surface area (Å²) >= 11 is 0. The molecule has 2 aromatic carbocycles. The summed E-state index contributed by atoms with van der Waals surface area (Å²) in [7, 11) is 0. The Morgan fingerprint density at radius 3 is 2.21 bits per heavy atom. The van der Waals surface area contributed by atoms with Crippen LogP contribution < -0.4 is 5.32 Å². The first-order valence-corrected chi connectivity index (χ1v) is 10.1. The number of hydrogen-bond acceptors (Lipinski definition) is 3. The van der Waals surface area contributed by atoms with E-state index in [1.54, 1.807) is 6.07 Å². The maximum Gasteiger partial charge on any atom is 0.273 e. The number of amidine groups is 1. The first-order chi connectivity index (χ1) is 13.7. The number of carbonyl (C=O) groups is 2. The normalized spacial score (nSPS) is 18.7. The van der Waals surface area contributed by atoms with Gasteiger partial charge in [0.2, 0.25) is 0 Å². The lowest BCUT2D eigenvalue weighted by atomic mass is 9.92. The van der Waals surface area contributed by atoms with E-state index in [0.29, 0.717) is 23.4 Å². The summed E-state index contributed by atoms with van der Waals surface area (Å²) in [5.41, 5.74) is 1.44. The van der Waals surface area contributed by atoms with Crippen molar-refractivity contribution in [2.24, 2.45) is 4.99 Å². The first kappa shape index (κ1) is 20.8. The van der Waals surface area contributed by atoms with Crippen LogP contribution in [0.1, 0.15) is 56.1 Å². The third kappa shape index (κ3) is 4.24. The van der Waals surface area contributed by atoms with Crippen LogP contribution in [0.2, 0.25) is 0 Å². The molecule has 5 heteroatoms. The van der Waals surface area contributed by atoms with Gasteiger partial charge in [0, 0.05) is 24.1 Å². The second-order valence-corrected chi connectivity index (χ2v) is 8.33. The molecule has 0 aliphatic carbocycles. The Kier molecular flexibility index (Phi) is 5.87. The molecule has 1 N–H and O–H groups in total. The molecule has 152 valence electrons. The van der Waals surface area contributed by atoms with Gasteiger partial charge in [-0.15, -0.1) is 0 Å². The highest BCUT2D eigenvalue weighted by Gasteiger charge is 2.40. The predicted molar refractivity (Wildman–Crippen MR) is 116 cm³/mol. The van der Waals surface area contributed by atoms with Gasteiger partial charge in [0.15, 0.2) is 0 Å². The van der Waals surface area contributed by atoms with Crippen molar-refractivity contribution in [1.82, 2.24) is 10.2 Å². The molecule has 0 saturated carbocycles. The van der Waals surface area contributed by atoms with Crippen LogP contribution in [0.15, 0.2) is 59.6 Å². The summed E-state index contributed by atoms with van der Waals surface area (Å²) in [6.45, 7) is 9.88. The third-order valence-electron chi connectivity index (χ3n) is 5.24. The van der Waals surface area contributed by atoms with Gasteiger partial charge >= 0.3 is 0 Å². The van der Waals surface area contributed by atoms with Crippen molar-refractivity contribution in [3.8, 4) is 0 Å². The van der Waals surface area contributed by atoms with E-state index in [4.69, 9.17) is 0 Å². The topological polar surface area (TPSA) is 61.8 Å². The molecule has 0 bridgehead atoms. The van der Waals surface area contributed by atoms with E-state index in [-0.39, 0.29) is 23.9 Å². The molecule has 1 atom stereocenters. The maximum absolute atomic E-state index is 13.3. The van der Waals surface area contributed by atoms with Crippen LogP contribution >= 0.6 is 0 Å². The molecule has 1 unspecified atom stereocenters. The van der Waals surface area contributed by atoms with Gasteiger partial charge in [-0.1, -0.05) is 48.5 Å². The molecule has 0 saturated heterocycles. The number of benzene rings is 2. The van der Waals surface area contributed by atoms with E-state index in [0.717, 1.165) is 5.56 Å². The van der Waals surface area contributed by atoms with Gasteiger partial charge in [0.25, 0.3) is 11.8 Å². The lowest BCUT2D eigenvalue weighted by molar-refractivity contribution is -0.121. The monoisotopic (exact) mass is 391 g/mol. The van der Waals surface area contributed by atoms with E-state index in [9.17, 15) is 9.59 Å². The Labute approximate surface area is 172 Å². The zero-order chi connectivity index (χ0) is 21.2. The predicted octanol–water partition coefficient (Wildman–Crippen LogP) is 3.82. The van der Waals surface area contributed by atoms with Crippen LogP contribution in [0.3, 0.4) is 0 Å². The molecule has 1 aliphatic heterocycles. The Balaban J connectivity index is 1.92.